The van der Waals surface area contributed by atoms with Gasteiger partial charge in [-0.1, -0.05) is 54.2 Å². The number of para-hydroxylation sites is 1. The van der Waals surface area contributed by atoms with Crippen LogP contribution in [0.3, 0.4) is 0 Å². The number of ether oxygens (including phenoxy) is 2. The quantitative estimate of drug-likeness (QED) is 0.149. The van der Waals surface area contributed by atoms with E-state index in [9.17, 15) is 14.4 Å². The fourth-order valence-electron chi connectivity index (χ4n) is 3.72. The number of methoxy groups -OCH3 is 2. The van der Waals surface area contributed by atoms with Crippen LogP contribution >= 0.6 is 11.8 Å². The highest BCUT2D eigenvalue weighted by molar-refractivity contribution is 7.99. The second kappa shape index (κ2) is 11.0. The third kappa shape index (κ3) is 5.44. The maximum Gasteiger partial charge on any atom is 0.337 e. The highest BCUT2D eigenvalue weighted by atomic mass is 32.2. The van der Waals surface area contributed by atoms with Crippen molar-refractivity contribution < 1.29 is 19.1 Å². The fourth-order valence-corrected chi connectivity index (χ4v) is 4.63. The number of carbonyl (C=O) groups is 2. The molecule has 0 unspecified atom stereocenters. The molecule has 0 aliphatic rings. The first kappa shape index (κ1) is 24.2. The summed E-state index contributed by atoms with van der Waals surface area (Å²) in [6.07, 6.45) is 0.627. The predicted molar refractivity (Wildman–Crippen MR) is 136 cm³/mol. The highest BCUT2D eigenvalue weighted by Crippen LogP contribution is 2.24. The molecule has 0 amide bonds. The lowest BCUT2D eigenvalue weighted by atomic mass is 10.1. The van der Waals surface area contributed by atoms with Gasteiger partial charge in [-0.05, 0) is 42.3 Å². The van der Waals surface area contributed by atoms with E-state index in [-0.39, 0.29) is 17.1 Å². The minimum Gasteiger partial charge on any atom is -0.496 e. The van der Waals surface area contributed by atoms with Crippen LogP contribution in [0.25, 0.3) is 10.9 Å². The lowest BCUT2D eigenvalue weighted by Gasteiger charge is -2.14. The van der Waals surface area contributed by atoms with Gasteiger partial charge in [0.15, 0.2) is 10.9 Å². The number of aromatic nitrogens is 2. The summed E-state index contributed by atoms with van der Waals surface area (Å²) in [6, 6.07) is 21.5. The molecule has 7 nitrogen and oxygen atoms in total. The number of aryl methyl sites for hydroxylation is 1. The van der Waals surface area contributed by atoms with Gasteiger partial charge in [-0.25, -0.2) is 9.78 Å². The minimum atomic E-state index is -0.512. The standard InChI is InChI=1S/C27H24N2O5S/c1-33-24-11-7-6-10-21(24)23(30)17-35-27-28-22-16-19(26(32)34-2)12-13-20(22)25(31)29(27)15-14-18-8-4-3-5-9-18/h3-13,16H,14-15,17H2,1-2H3. The van der Waals surface area contributed by atoms with Crippen molar-refractivity contribution in [2.24, 2.45) is 0 Å². The molecule has 1 heterocycles. The van der Waals surface area contributed by atoms with Crippen LogP contribution in [-0.2, 0) is 17.7 Å². The molecule has 0 aliphatic carbocycles. The van der Waals surface area contributed by atoms with Crippen molar-refractivity contribution in [1.29, 1.82) is 0 Å². The number of hydrogen-bond donors (Lipinski definition) is 0. The third-order valence-electron chi connectivity index (χ3n) is 5.55. The van der Waals surface area contributed by atoms with Crippen molar-refractivity contribution in [2.75, 3.05) is 20.0 Å². The number of benzene rings is 3. The van der Waals surface area contributed by atoms with E-state index >= 15 is 0 Å². The van der Waals surface area contributed by atoms with Crippen LogP contribution in [0.1, 0.15) is 26.3 Å². The van der Waals surface area contributed by atoms with E-state index in [2.05, 4.69) is 4.98 Å². The van der Waals surface area contributed by atoms with Crippen LogP contribution in [0.4, 0.5) is 0 Å². The summed E-state index contributed by atoms with van der Waals surface area (Å²) in [5.74, 6) is -0.0867. The molecule has 0 bridgehead atoms. The van der Waals surface area contributed by atoms with E-state index in [4.69, 9.17) is 9.47 Å². The van der Waals surface area contributed by atoms with Crippen molar-refractivity contribution >= 4 is 34.4 Å². The second-order valence-electron chi connectivity index (χ2n) is 7.72. The molecule has 3 aromatic carbocycles. The average Bonchev–Trinajstić information content (AvgIpc) is 2.91. The molecule has 1 aromatic heterocycles. The number of nitrogens with zero attached hydrogens (tertiary/aromatic N) is 2. The van der Waals surface area contributed by atoms with Gasteiger partial charge in [0.2, 0.25) is 0 Å². The third-order valence-corrected chi connectivity index (χ3v) is 6.52. The van der Waals surface area contributed by atoms with Crippen LogP contribution < -0.4 is 10.3 Å². The van der Waals surface area contributed by atoms with Crippen LogP contribution in [-0.4, -0.2) is 41.3 Å². The Morgan fingerprint density at radius 2 is 1.71 bits per heavy atom. The minimum absolute atomic E-state index is 0.0698. The summed E-state index contributed by atoms with van der Waals surface area (Å²) < 4.78 is 11.7. The molecule has 4 aromatic rings. The van der Waals surface area contributed by atoms with Crippen molar-refractivity contribution in [3.05, 3.63) is 99.8 Å². The summed E-state index contributed by atoms with van der Waals surface area (Å²) in [6.45, 7) is 0.399. The van der Waals surface area contributed by atoms with Gasteiger partial charge in [0.05, 0.1) is 42.0 Å². The van der Waals surface area contributed by atoms with E-state index in [0.717, 1.165) is 5.56 Å². The number of thioether (sulfide) groups is 1. The van der Waals surface area contributed by atoms with Crippen molar-refractivity contribution in [3.8, 4) is 5.75 Å². The zero-order valence-electron chi connectivity index (χ0n) is 19.4. The van der Waals surface area contributed by atoms with Crippen LogP contribution in [0.15, 0.2) is 82.7 Å². The monoisotopic (exact) mass is 488 g/mol. The molecule has 0 saturated carbocycles. The summed E-state index contributed by atoms with van der Waals surface area (Å²) in [4.78, 5) is 43.0. The summed E-state index contributed by atoms with van der Waals surface area (Å²) >= 11 is 1.18. The van der Waals surface area contributed by atoms with Gasteiger partial charge in [-0.2, -0.15) is 0 Å². The molecule has 0 fully saturated rings. The zero-order valence-corrected chi connectivity index (χ0v) is 20.2. The Labute approximate surface area is 206 Å². The van der Waals surface area contributed by atoms with E-state index in [1.807, 2.05) is 30.3 Å². The lowest BCUT2D eigenvalue weighted by Crippen LogP contribution is -2.25. The summed E-state index contributed by atoms with van der Waals surface area (Å²) in [7, 11) is 2.82. The maximum atomic E-state index is 13.4. The molecule has 0 radical (unpaired) electrons. The Morgan fingerprint density at radius 1 is 0.971 bits per heavy atom. The number of hydrogen-bond acceptors (Lipinski definition) is 7. The van der Waals surface area contributed by atoms with Gasteiger partial charge in [-0.15, -0.1) is 0 Å². The number of carbonyl (C=O) groups excluding carboxylic acids is 2. The smallest absolute Gasteiger partial charge is 0.337 e. The van der Waals surface area contributed by atoms with Crippen LogP contribution in [0, 0.1) is 0 Å². The van der Waals surface area contributed by atoms with E-state index in [0.29, 0.717) is 45.9 Å². The number of fused-ring (bicyclic) bond motifs is 1. The molecule has 0 atom stereocenters. The Morgan fingerprint density at radius 3 is 2.46 bits per heavy atom. The molecule has 8 heteroatoms. The fraction of sp³-hybridized carbons (Fsp3) is 0.185. The summed E-state index contributed by atoms with van der Waals surface area (Å²) in [5, 5.41) is 0.801. The molecule has 35 heavy (non-hydrogen) atoms. The van der Waals surface area contributed by atoms with Gasteiger partial charge < -0.3 is 9.47 Å². The number of Topliss-reactive ketones (excluding diaryl/α,β-unsaturated/α-hetero) is 1. The van der Waals surface area contributed by atoms with Crippen molar-refractivity contribution in [1.82, 2.24) is 9.55 Å². The molecular formula is C27H24N2O5S. The molecular weight excluding hydrogens is 464 g/mol. The van der Waals surface area contributed by atoms with Gasteiger partial charge in [0.25, 0.3) is 5.56 Å². The lowest BCUT2D eigenvalue weighted by molar-refractivity contribution is 0.0600. The number of esters is 1. The first-order chi connectivity index (χ1) is 17.0. The van der Waals surface area contributed by atoms with Crippen LogP contribution in [0.2, 0.25) is 0 Å². The molecule has 0 N–H and O–H groups in total. The zero-order chi connectivity index (χ0) is 24.8. The van der Waals surface area contributed by atoms with E-state index in [1.165, 1.54) is 32.0 Å². The summed E-state index contributed by atoms with van der Waals surface area (Å²) in [5.41, 5.74) is 2.00. The first-order valence-corrected chi connectivity index (χ1v) is 12.0. The number of ketones is 1. The van der Waals surface area contributed by atoms with Crippen molar-refractivity contribution in [3.63, 3.8) is 0 Å². The topological polar surface area (TPSA) is 87.5 Å². The first-order valence-electron chi connectivity index (χ1n) is 11.0. The Bertz CT molecular complexity index is 1430. The van der Waals surface area contributed by atoms with Gasteiger partial charge in [0.1, 0.15) is 5.75 Å². The molecule has 0 spiro atoms. The van der Waals surface area contributed by atoms with Gasteiger partial charge in [-0.3, -0.25) is 14.2 Å². The maximum absolute atomic E-state index is 13.4. The SMILES string of the molecule is COC(=O)c1ccc2c(=O)n(CCc3ccccc3)c(SCC(=O)c3ccccc3OC)nc2c1. The Balaban J connectivity index is 1.70. The Kier molecular flexibility index (Phi) is 7.62. The predicted octanol–water partition coefficient (Wildman–Crippen LogP) is 4.41. The second-order valence-corrected chi connectivity index (χ2v) is 8.66. The number of rotatable bonds is 9. The molecule has 4 rings (SSSR count). The molecule has 178 valence electrons. The normalized spacial score (nSPS) is 10.8. The largest absolute Gasteiger partial charge is 0.496 e. The van der Waals surface area contributed by atoms with Gasteiger partial charge in [0, 0.05) is 6.54 Å². The molecule has 0 saturated heterocycles. The van der Waals surface area contributed by atoms with E-state index < -0.39 is 5.97 Å². The van der Waals surface area contributed by atoms with Crippen molar-refractivity contribution in [2.45, 2.75) is 18.1 Å². The molecule has 0 aliphatic heterocycles. The Hall–Kier alpha value is -3.91. The highest BCUT2D eigenvalue weighted by Gasteiger charge is 2.17. The van der Waals surface area contributed by atoms with Gasteiger partial charge >= 0.3 is 5.97 Å². The van der Waals surface area contributed by atoms with Crippen LogP contribution in [0.5, 0.6) is 5.75 Å². The average molecular weight is 489 g/mol. The van der Waals surface area contributed by atoms with E-state index in [1.54, 1.807) is 41.0 Å².